The lowest BCUT2D eigenvalue weighted by Crippen LogP contribution is -2.52. The standard InChI is InChI=1S/C50H81N3O16/c1-31(38(54)55)24-25-33-29-34(26-27-37(40(58)59)53(44(63)68-49(12,13)14)45(64)69-50(15,16)17)35(51(30-33)28-19-18-21-32(2)41(60)65-46(3,4)5)22-20-23-36(39(56)57)52(42(61)66-47(6,7)8)43(62)67-48(9,10)11/h29-32,36-37H,18-28H2,1-17H3,(H2-,54,55,56,57,58,59)/p+1/t31-,32-,36-,37-/m0/s1. The van der Waals surface area contributed by atoms with Crippen LogP contribution in [0.15, 0.2) is 12.3 Å². The fraction of sp³-hybridized carbons (Fsp3) is 0.740. The van der Waals surface area contributed by atoms with Crippen molar-refractivity contribution in [2.45, 2.75) is 229 Å². The molecule has 3 N–H and O–H groups in total. The Morgan fingerprint density at radius 2 is 0.899 bits per heavy atom. The van der Waals surface area contributed by atoms with Crippen molar-refractivity contribution >= 4 is 48.3 Å². The van der Waals surface area contributed by atoms with Crippen LogP contribution in [-0.4, -0.2) is 113 Å². The van der Waals surface area contributed by atoms with Crippen molar-refractivity contribution < 1.29 is 81.9 Å². The Bertz CT molecular complexity index is 1910. The van der Waals surface area contributed by atoms with E-state index in [1.54, 1.807) is 124 Å². The van der Waals surface area contributed by atoms with Crippen LogP contribution in [-0.2, 0) is 68.7 Å². The number of aromatic nitrogens is 1. The van der Waals surface area contributed by atoms with E-state index in [9.17, 15) is 53.7 Å². The van der Waals surface area contributed by atoms with E-state index in [-0.39, 0.29) is 44.5 Å². The zero-order chi connectivity index (χ0) is 53.6. The van der Waals surface area contributed by atoms with E-state index in [4.69, 9.17) is 23.7 Å². The Labute approximate surface area is 408 Å². The summed E-state index contributed by atoms with van der Waals surface area (Å²) in [6.07, 6.45) is -1.48. The summed E-state index contributed by atoms with van der Waals surface area (Å²) in [5.74, 6) is -5.49. The molecule has 1 rings (SSSR count). The number of aryl methyl sites for hydroxylation is 3. The number of esters is 1. The van der Waals surface area contributed by atoms with Crippen molar-refractivity contribution in [2.75, 3.05) is 0 Å². The second kappa shape index (κ2) is 25.4. The molecule has 0 unspecified atom stereocenters. The summed E-state index contributed by atoms with van der Waals surface area (Å²) in [7, 11) is 0. The van der Waals surface area contributed by atoms with Crippen LogP contribution in [0.1, 0.15) is 179 Å². The molecular formula is C50H82N3O16+. The number of carboxylic acids is 3. The van der Waals surface area contributed by atoms with Crippen molar-refractivity contribution in [1.29, 1.82) is 0 Å². The molecule has 0 aliphatic heterocycles. The molecule has 392 valence electrons. The molecule has 19 nitrogen and oxygen atoms in total. The number of carbonyl (C=O) groups is 8. The lowest BCUT2D eigenvalue weighted by Gasteiger charge is -2.32. The largest absolute Gasteiger partial charge is 0.481 e. The minimum atomic E-state index is -1.80. The van der Waals surface area contributed by atoms with Crippen LogP contribution in [0, 0.1) is 11.8 Å². The van der Waals surface area contributed by atoms with Gasteiger partial charge in [0.05, 0.1) is 11.8 Å². The van der Waals surface area contributed by atoms with Gasteiger partial charge in [-0.1, -0.05) is 13.8 Å². The van der Waals surface area contributed by atoms with Gasteiger partial charge >= 0.3 is 48.3 Å². The molecule has 1 aromatic heterocycles. The second-order valence-electron chi connectivity index (χ2n) is 22.5. The molecule has 0 aliphatic rings. The normalized spacial score (nSPS) is 14.0. The van der Waals surface area contributed by atoms with Gasteiger partial charge in [0.15, 0.2) is 11.9 Å². The molecule has 0 bridgehead atoms. The highest BCUT2D eigenvalue weighted by Crippen LogP contribution is 2.25. The van der Waals surface area contributed by atoms with Crippen LogP contribution < -0.4 is 4.57 Å². The van der Waals surface area contributed by atoms with Gasteiger partial charge in [-0.2, -0.15) is 9.80 Å². The fourth-order valence-corrected chi connectivity index (χ4v) is 6.81. The highest BCUT2D eigenvalue weighted by molar-refractivity contribution is 5.94. The Hall–Kier alpha value is -5.49. The van der Waals surface area contributed by atoms with Gasteiger partial charge in [-0.15, -0.1) is 0 Å². The molecule has 0 saturated heterocycles. The number of carbonyl (C=O) groups excluding carboxylic acids is 5. The van der Waals surface area contributed by atoms with Crippen molar-refractivity contribution in [1.82, 2.24) is 9.80 Å². The van der Waals surface area contributed by atoms with Gasteiger partial charge < -0.3 is 39.0 Å². The molecule has 69 heavy (non-hydrogen) atoms. The molecular weight excluding hydrogens is 899 g/mol. The second-order valence-corrected chi connectivity index (χ2v) is 22.5. The molecule has 19 heteroatoms. The number of amides is 4. The van der Waals surface area contributed by atoms with Crippen molar-refractivity contribution in [3.8, 4) is 0 Å². The first-order valence-electron chi connectivity index (χ1n) is 23.7. The SMILES string of the molecule is C[C@@H](CCc1cc(CC[C@@H](C(=O)O)N(C(=O)OC(C)(C)C)C(=O)OC(C)(C)C)c(CCC[C@@H](C(=O)O)N(C(=O)OC(C)(C)C)C(=O)OC(C)(C)C)[n+](CCCC[C@H](C)C(=O)OC(C)(C)C)c1)C(=O)O. The van der Waals surface area contributed by atoms with Crippen LogP contribution >= 0.6 is 0 Å². The van der Waals surface area contributed by atoms with E-state index in [1.165, 1.54) is 0 Å². The highest BCUT2D eigenvalue weighted by Gasteiger charge is 2.42. The predicted octanol–water partition coefficient (Wildman–Crippen LogP) is 9.28. The molecule has 4 amide bonds. The zero-order valence-corrected chi connectivity index (χ0v) is 44.2. The van der Waals surface area contributed by atoms with E-state index in [1.807, 2.05) is 10.8 Å². The van der Waals surface area contributed by atoms with Crippen LogP contribution in [0.5, 0.6) is 0 Å². The molecule has 4 atom stereocenters. The number of nitrogens with zero attached hydrogens (tertiary/aromatic N) is 3. The van der Waals surface area contributed by atoms with Crippen LogP contribution in [0.2, 0.25) is 0 Å². The number of rotatable bonds is 21. The van der Waals surface area contributed by atoms with E-state index < -0.39 is 94.2 Å². The zero-order valence-electron chi connectivity index (χ0n) is 44.2. The smallest absolute Gasteiger partial charge is 0.420 e. The van der Waals surface area contributed by atoms with Crippen molar-refractivity contribution in [3.05, 3.63) is 29.1 Å². The fourth-order valence-electron chi connectivity index (χ4n) is 6.81. The first kappa shape index (κ1) is 61.5. The molecule has 0 fully saturated rings. The van der Waals surface area contributed by atoms with Crippen molar-refractivity contribution in [3.63, 3.8) is 0 Å². The van der Waals surface area contributed by atoms with Gasteiger partial charge in [0, 0.05) is 24.0 Å². The predicted molar refractivity (Wildman–Crippen MR) is 253 cm³/mol. The van der Waals surface area contributed by atoms with Crippen LogP contribution in [0.3, 0.4) is 0 Å². The summed E-state index contributed by atoms with van der Waals surface area (Å²) in [4.78, 5) is 106. The van der Waals surface area contributed by atoms with Crippen LogP contribution in [0.25, 0.3) is 0 Å². The summed E-state index contributed by atoms with van der Waals surface area (Å²) in [5, 5.41) is 30.9. The van der Waals surface area contributed by atoms with Crippen LogP contribution in [0.4, 0.5) is 19.2 Å². The summed E-state index contributed by atoms with van der Waals surface area (Å²) in [6.45, 7) is 27.8. The lowest BCUT2D eigenvalue weighted by atomic mass is 9.95. The third kappa shape index (κ3) is 23.6. The molecule has 1 heterocycles. The van der Waals surface area contributed by atoms with E-state index in [2.05, 4.69) is 0 Å². The monoisotopic (exact) mass is 981 g/mol. The first-order chi connectivity index (χ1) is 31.2. The maximum Gasteiger partial charge on any atom is 0.420 e. The number of pyridine rings is 1. The summed E-state index contributed by atoms with van der Waals surface area (Å²) < 4.78 is 29.4. The maximum absolute atomic E-state index is 13.6. The molecule has 0 spiro atoms. The van der Waals surface area contributed by atoms with Crippen molar-refractivity contribution in [2.24, 2.45) is 11.8 Å². The topological polar surface area (TPSA) is 254 Å². The summed E-state index contributed by atoms with van der Waals surface area (Å²) in [5.41, 5.74) is -3.30. The molecule has 0 radical (unpaired) electrons. The third-order valence-electron chi connectivity index (χ3n) is 9.91. The average Bonchev–Trinajstić information content (AvgIpc) is 3.13. The first-order valence-corrected chi connectivity index (χ1v) is 23.7. The minimum Gasteiger partial charge on any atom is -0.481 e. The average molecular weight is 981 g/mol. The van der Waals surface area contributed by atoms with E-state index in [0.29, 0.717) is 58.8 Å². The minimum absolute atomic E-state index is 0.0431. The third-order valence-corrected chi connectivity index (χ3v) is 9.91. The van der Waals surface area contributed by atoms with Gasteiger partial charge in [-0.25, -0.2) is 33.3 Å². The quantitative estimate of drug-likeness (QED) is 0.0449. The van der Waals surface area contributed by atoms with Gasteiger partial charge in [0.2, 0.25) is 0 Å². The Balaban J connectivity index is 4.05. The number of ether oxygens (including phenoxy) is 5. The van der Waals surface area contributed by atoms with E-state index in [0.717, 1.165) is 0 Å². The Morgan fingerprint density at radius 1 is 0.493 bits per heavy atom. The Kier molecular flexibility index (Phi) is 22.6. The van der Waals surface area contributed by atoms with Gasteiger partial charge in [-0.05, 0) is 161 Å². The number of hydrogen-bond acceptors (Lipinski definition) is 13. The molecule has 1 aromatic rings. The van der Waals surface area contributed by atoms with Gasteiger partial charge in [0.25, 0.3) is 0 Å². The molecule has 0 saturated carbocycles. The number of unbranched alkanes of at least 4 members (excludes halogenated alkanes) is 1. The number of hydrogen-bond donors (Lipinski definition) is 3. The van der Waals surface area contributed by atoms with Gasteiger partial charge in [0.1, 0.15) is 46.6 Å². The highest BCUT2D eigenvalue weighted by atomic mass is 16.6. The number of imide groups is 2. The van der Waals surface area contributed by atoms with E-state index >= 15 is 0 Å². The number of carboxylic acid groups (broad SMARTS) is 3. The molecule has 0 aliphatic carbocycles. The molecule has 0 aromatic carbocycles. The Morgan fingerprint density at radius 3 is 1.28 bits per heavy atom. The lowest BCUT2D eigenvalue weighted by molar-refractivity contribution is -0.705. The summed E-state index contributed by atoms with van der Waals surface area (Å²) in [6, 6.07) is -1.75. The summed E-state index contributed by atoms with van der Waals surface area (Å²) >= 11 is 0. The number of aliphatic carboxylic acids is 3. The maximum atomic E-state index is 13.6. The van der Waals surface area contributed by atoms with Gasteiger partial charge in [-0.3, -0.25) is 9.59 Å².